The second-order valence-corrected chi connectivity index (χ2v) is 15.1. The lowest BCUT2D eigenvalue weighted by Gasteiger charge is -2.37. The predicted molar refractivity (Wildman–Crippen MR) is 232 cm³/mol. The molecular weight excluding hydrogens is 840 g/mol. The average Bonchev–Trinajstić information content (AvgIpc) is 3.58. The quantitative estimate of drug-likeness (QED) is 0.106. The van der Waals surface area contributed by atoms with Gasteiger partial charge in [0.05, 0.1) is 66.4 Å². The van der Waals surface area contributed by atoms with Gasteiger partial charge in [-0.05, 0) is 60.5 Å². The molecule has 5 heterocycles. The number of pyridine rings is 1. The number of nitrogens with one attached hydrogen (secondary N) is 3. The molecule has 0 bridgehead atoms. The van der Waals surface area contributed by atoms with Crippen LogP contribution >= 0.6 is 0 Å². The molecule has 330 valence electrons. The normalized spacial score (nSPS) is 15.9. The Kier molecular flexibility index (Phi) is 12.8. The third-order valence-electron chi connectivity index (χ3n) is 11.3. The second-order valence-electron chi connectivity index (χ2n) is 15.1. The number of hydrogen-bond acceptors (Lipinski definition) is 14. The van der Waals surface area contributed by atoms with E-state index in [2.05, 4.69) is 37.0 Å². The fourth-order valence-electron chi connectivity index (χ4n) is 8.01. The van der Waals surface area contributed by atoms with Crippen LogP contribution in [0.25, 0.3) is 22.5 Å². The van der Waals surface area contributed by atoms with Crippen LogP contribution in [0.3, 0.4) is 0 Å². The molecule has 2 saturated heterocycles. The van der Waals surface area contributed by atoms with Crippen molar-refractivity contribution in [1.29, 1.82) is 5.26 Å². The molecule has 65 heavy (non-hydrogen) atoms. The number of hydrogen-bond donors (Lipinski definition) is 3. The number of carbonyl (C=O) groups is 6. The molecule has 0 spiro atoms. The number of benzene rings is 3. The molecule has 5 aromatic rings. The van der Waals surface area contributed by atoms with Crippen molar-refractivity contribution in [1.82, 2.24) is 30.1 Å². The molecule has 2 aromatic heterocycles. The van der Waals surface area contributed by atoms with Crippen molar-refractivity contribution in [2.45, 2.75) is 25.3 Å². The van der Waals surface area contributed by atoms with Crippen molar-refractivity contribution in [3.05, 3.63) is 114 Å². The molecule has 1 atom stereocenters. The van der Waals surface area contributed by atoms with Crippen molar-refractivity contribution in [3.8, 4) is 34.3 Å². The van der Waals surface area contributed by atoms with E-state index in [0.717, 1.165) is 4.90 Å². The number of piperidine rings is 1. The van der Waals surface area contributed by atoms with Gasteiger partial charge >= 0.3 is 0 Å². The Hall–Kier alpha value is -8.11. The van der Waals surface area contributed by atoms with E-state index in [1.54, 1.807) is 47.5 Å². The van der Waals surface area contributed by atoms with Crippen molar-refractivity contribution in [2.75, 3.05) is 68.6 Å². The molecule has 0 radical (unpaired) electrons. The van der Waals surface area contributed by atoms with Crippen LogP contribution in [-0.2, 0) is 19.1 Å². The minimum Gasteiger partial charge on any atom is -0.496 e. The zero-order chi connectivity index (χ0) is 45.6. The Morgan fingerprint density at radius 3 is 2.52 bits per heavy atom. The van der Waals surface area contributed by atoms with Crippen molar-refractivity contribution < 1.29 is 42.6 Å². The minimum atomic E-state index is -1.07. The highest BCUT2D eigenvalue weighted by Crippen LogP contribution is 2.36. The summed E-state index contributed by atoms with van der Waals surface area (Å²) in [5.41, 5.74) is 3.48. The van der Waals surface area contributed by atoms with Gasteiger partial charge in [-0.3, -0.25) is 44.0 Å². The van der Waals surface area contributed by atoms with Crippen LogP contribution in [0.2, 0.25) is 0 Å². The number of nitrogens with zero attached hydrogens (tertiary/aromatic N) is 7. The predicted octanol–water partition coefficient (Wildman–Crippen LogP) is 4.05. The van der Waals surface area contributed by atoms with E-state index in [9.17, 15) is 38.4 Å². The van der Waals surface area contributed by atoms with Gasteiger partial charge < -0.3 is 29.9 Å². The lowest BCUT2D eigenvalue weighted by molar-refractivity contribution is -0.136. The highest BCUT2D eigenvalue weighted by Gasteiger charge is 2.45. The minimum absolute atomic E-state index is 0.0162. The SMILES string of the molecule is COc1cccc(F)c1-c1nccc(C(=O)Nc2ccc(-c3cnccc3C#N)cc2N2CCN(C(=O)CCOCCNc3cccc4c3C(=O)N(C3CCC(=O)NC3=O)C4=O)CC2)n1. The molecular formula is C46H41FN10O8. The first-order valence-corrected chi connectivity index (χ1v) is 20.7. The third-order valence-corrected chi connectivity index (χ3v) is 11.3. The number of nitriles is 1. The van der Waals surface area contributed by atoms with E-state index < -0.39 is 41.4 Å². The van der Waals surface area contributed by atoms with Gasteiger partial charge in [0.1, 0.15) is 23.3 Å². The smallest absolute Gasteiger partial charge is 0.274 e. The highest BCUT2D eigenvalue weighted by atomic mass is 19.1. The summed E-state index contributed by atoms with van der Waals surface area (Å²) >= 11 is 0. The summed E-state index contributed by atoms with van der Waals surface area (Å²) in [6, 6.07) is 18.6. The number of carbonyl (C=O) groups excluding carboxylic acids is 6. The number of anilines is 3. The van der Waals surface area contributed by atoms with Gasteiger partial charge in [-0.25, -0.2) is 14.4 Å². The van der Waals surface area contributed by atoms with Crippen LogP contribution < -0.4 is 25.6 Å². The van der Waals surface area contributed by atoms with Crippen molar-refractivity contribution in [3.63, 3.8) is 0 Å². The maximum atomic E-state index is 14.9. The van der Waals surface area contributed by atoms with E-state index >= 15 is 0 Å². The van der Waals surface area contributed by atoms with Gasteiger partial charge in [-0.1, -0.05) is 18.2 Å². The van der Waals surface area contributed by atoms with Crippen LogP contribution in [-0.4, -0.2) is 119 Å². The summed E-state index contributed by atoms with van der Waals surface area (Å²) in [5, 5.41) is 18.1. The molecule has 19 heteroatoms. The molecule has 18 nitrogen and oxygen atoms in total. The average molecular weight is 881 g/mol. The molecule has 1 unspecified atom stereocenters. The molecule has 2 fully saturated rings. The van der Waals surface area contributed by atoms with Gasteiger partial charge in [-0.15, -0.1) is 0 Å². The Labute approximate surface area is 371 Å². The maximum Gasteiger partial charge on any atom is 0.274 e. The first-order valence-electron chi connectivity index (χ1n) is 20.7. The van der Waals surface area contributed by atoms with Gasteiger partial charge in [0.25, 0.3) is 17.7 Å². The number of methoxy groups -OCH3 is 1. The molecule has 8 rings (SSSR count). The monoisotopic (exact) mass is 880 g/mol. The summed E-state index contributed by atoms with van der Waals surface area (Å²) in [7, 11) is 1.40. The lowest BCUT2D eigenvalue weighted by atomic mass is 10.0. The Morgan fingerprint density at radius 1 is 0.923 bits per heavy atom. The van der Waals surface area contributed by atoms with Gasteiger partial charge in [0, 0.05) is 69.0 Å². The number of rotatable bonds is 14. The van der Waals surface area contributed by atoms with Gasteiger partial charge in [0.2, 0.25) is 17.7 Å². The molecule has 0 saturated carbocycles. The number of aromatic nitrogens is 3. The summed E-state index contributed by atoms with van der Waals surface area (Å²) in [6.45, 7) is 2.14. The van der Waals surface area contributed by atoms with Crippen molar-refractivity contribution >= 4 is 52.5 Å². The number of ether oxygens (including phenoxy) is 2. The van der Waals surface area contributed by atoms with Crippen LogP contribution in [0, 0.1) is 17.1 Å². The maximum absolute atomic E-state index is 14.9. The first-order chi connectivity index (χ1) is 31.6. The molecule has 3 aliphatic heterocycles. The number of piperazine rings is 1. The van der Waals surface area contributed by atoms with E-state index in [0.29, 0.717) is 59.9 Å². The summed E-state index contributed by atoms with van der Waals surface area (Å²) in [6.07, 6.45) is 4.68. The largest absolute Gasteiger partial charge is 0.496 e. The molecule has 6 amide bonds. The lowest BCUT2D eigenvalue weighted by Crippen LogP contribution is -2.54. The van der Waals surface area contributed by atoms with Gasteiger partial charge in [0.15, 0.2) is 5.82 Å². The Bertz CT molecular complexity index is 2770. The van der Waals surface area contributed by atoms with E-state index in [-0.39, 0.29) is 78.9 Å². The van der Waals surface area contributed by atoms with Crippen LogP contribution in [0.4, 0.5) is 21.5 Å². The zero-order valence-corrected chi connectivity index (χ0v) is 35.0. The summed E-state index contributed by atoms with van der Waals surface area (Å²) in [5.74, 6) is -3.48. The third kappa shape index (κ3) is 9.05. The van der Waals surface area contributed by atoms with E-state index in [4.69, 9.17) is 9.47 Å². The van der Waals surface area contributed by atoms with Crippen LogP contribution in [0.15, 0.2) is 85.3 Å². The standard InChI is InChI=1S/C46H41FN10O8/c1-64-37-7-3-5-31(47)41(37)42-51-16-13-34(52-42)43(60)53-32-9-8-27(30-26-49-15-12-28(30)25-48)24-36(32)55-18-20-56(21-19-55)39(59)14-22-65-23-17-50-33-6-2-4-29-40(33)46(63)57(45(29)62)35-10-11-38(58)54-44(35)61/h2-9,12-13,15-16,24,26,35,50H,10-11,14,17-23H2,1H3,(H,53,60)(H,54,58,61). The Balaban J connectivity index is 0.878. The topological polar surface area (TPSA) is 229 Å². The molecule has 3 aromatic carbocycles. The van der Waals surface area contributed by atoms with Gasteiger partial charge in [-0.2, -0.15) is 5.26 Å². The summed E-state index contributed by atoms with van der Waals surface area (Å²) in [4.78, 5) is 95.1. The van der Waals surface area contributed by atoms with Crippen LogP contribution in [0.5, 0.6) is 5.75 Å². The zero-order valence-electron chi connectivity index (χ0n) is 35.0. The molecule has 0 aliphatic carbocycles. The second kappa shape index (κ2) is 19.1. The number of imide groups is 2. The highest BCUT2D eigenvalue weighted by molar-refractivity contribution is 6.25. The van der Waals surface area contributed by atoms with E-state index in [1.807, 2.05) is 11.0 Å². The molecule has 3 N–H and O–H groups in total. The summed E-state index contributed by atoms with van der Waals surface area (Å²) < 4.78 is 26.0. The fourth-order valence-corrected chi connectivity index (χ4v) is 8.01. The number of halogens is 1. The van der Waals surface area contributed by atoms with E-state index in [1.165, 1.54) is 43.8 Å². The number of fused-ring (bicyclic) bond motifs is 1. The number of amides is 6. The van der Waals surface area contributed by atoms with Crippen LogP contribution in [0.1, 0.15) is 56.0 Å². The molecule has 3 aliphatic rings. The van der Waals surface area contributed by atoms with Crippen molar-refractivity contribution in [2.24, 2.45) is 0 Å². The fraction of sp³-hybridized carbons (Fsp3) is 0.261. The Morgan fingerprint density at radius 2 is 1.74 bits per heavy atom. The first kappa shape index (κ1) is 43.5.